The van der Waals surface area contributed by atoms with Crippen molar-refractivity contribution in [3.05, 3.63) is 35.4 Å². The number of carbonyl (C=O) groups excluding carboxylic acids is 2. The van der Waals surface area contributed by atoms with E-state index in [-0.39, 0.29) is 29.1 Å². The second kappa shape index (κ2) is 7.26. The summed E-state index contributed by atoms with van der Waals surface area (Å²) >= 11 is 0. The van der Waals surface area contributed by atoms with Crippen LogP contribution in [0, 0.1) is 0 Å². The van der Waals surface area contributed by atoms with E-state index in [1.54, 1.807) is 6.92 Å². The number of hydrogen-bond donors (Lipinski definition) is 2. The van der Waals surface area contributed by atoms with E-state index in [2.05, 4.69) is 34.9 Å². The number of hydrogen-bond acceptors (Lipinski definition) is 3. The highest BCUT2D eigenvalue weighted by atomic mass is 16.5. The fraction of sp³-hybridized carbons (Fsp3) is 0.667. The molecule has 6 heteroatoms. The summed E-state index contributed by atoms with van der Waals surface area (Å²) in [6, 6.07) is 8.92. The quantitative estimate of drug-likeness (QED) is 0.802. The van der Waals surface area contributed by atoms with Crippen LogP contribution in [0.3, 0.4) is 0 Å². The molecule has 6 rings (SSSR count). The fourth-order valence-corrected chi connectivity index (χ4v) is 6.94. The maximum absolute atomic E-state index is 13.0. The predicted molar refractivity (Wildman–Crippen MR) is 114 cm³/mol. The molecule has 5 aliphatic rings. The molecule has 6 nitrogen and oxygen atoms in total. The summed E-state index contributed by atoms with van der Waals surface area (Å²) in [7, 11) is 1.84. The van der Waals surface area contributed by atoms with E-state index in [4.69, 9.17) is 4.74 Å². The van der Waals surface area contributed by atoms with Crippen LogP contribution in [0.25, 0.3) is 0 Å². The van der Waals surface area contributed by atoms with Gasteiger partial charge in [-0.15, -0.1) is 0 Å². The normalized spacial score (nSPS) is 34.9. The van der Waals surface area contributed by atoms with Gasteiger partial charge in [-0.25, -0.2) is 4.79 Å². The van der Waals surface area contributed by atoms with Crippen LogP contribution in [0.5, 0.6) is 0 Å². The molecule has 1 aliphatic heterocycles. The van der Waals surface area contributed by atoms with Crippen LogP contribution < -0.4 is 10.6 Å². The third-order valence-electron chi connectivity index (χ3n) is 8.13. The van der Waals surface area contributed by atoms with Gasteiger partial charge in [0.2, 0.25) is 5.91 Å². The summed E-state index contributed by atoms with van der Waals surface area (Å²) in [6.45, 7) is 3.05. The van der Waals surface area contributed by atoms with Gasteiger partial charge in [-0.05, 0) is 67.9 Å². The molecule has 0 radical (unpaired) electrons. The van der Waals surface area contributed by atoms with Crippen LogP contribution in [0.1, 0.15) is 74.8 Å². The molecule has 30 heavy (non-hydrogen) atoms. The molecule has 2 saturated carbocycles. The standard InChI is InChI=1S/C24H33N3O3/c1-16(28)27-9-7-19(8-10-27)25-22(29)26-23-11-17-13-24(15-23,30-2)14-18(12-23)21-6-4-3-5-20(17)21/h3-6,17-19H,7-15H2,1-2H3,(H2,25,26,29). The summed E-state index contributed by atoms with van der Waals surface area (Å²) in [5, 5.41) is 6.63. The average molecular weight is 412 g/mol. The number of nitrogens with zero attached hydrogens (tertiary/aromatic N) is 1. The van der Waals surface area contributed by atoms with Crippen molar-refractivity contribution in [2.24, 2.45) is 0 Å². The van der Waals surface area contributed by atoms with Gasteiger partial charge in [0.15, 0.2) is 0 Å². The Bertz CT molecular complexity index is 811. The Kier molecular flexibility index (Phi) is 4.80. The lowest BCUT2D eigenvalue weighted by atomic mass is 9.60. The first-order valence-corrected chi connectivity index (χ1v) is 11.4. The van der Waals surface area contributed by atoms with Crippen molar-refractivity contribution in [1.29, 1.82) is 0 Å². The summed E-state index contributed by atoms with van der Waals surface area (Å²) < 4.78 is 6.14. The number of rotatable bonds is 3. The molecule has 1 aromatic rings. The lowest BCUT2D eigenvalue weighted by Gasteiger charge is -2.54. The van der Waals surface area contributed by atoms with E-state index in [0.29, 0.717) is 11.8 Å². The average Bonchev–Trinajstić information content (AvgIpc) is 2.87. The van der Waals surface area contributed by atoms with Crippen molar-refractivity contribution in [2.45, 2.75) is 80.9 Å². The first-order chi connectivity index (χ1) is 14.4. The number of likely N-dealkylation sites (tertiary alicyclic amines) is 1. The third kappa shape index (κ3) is 3.39. The molecule has 4 bridgehead atoms. The zero-order valence-corrected chi connectivity index (χ0v) is 18.1. The van der Waals surface area contributed by atoms with Crippen molar-refractivity contribution in [2.75, 3.05) is 20.2 Å². The SMILES string of the molecule is COC12CC3CC(NC(=O)NC4CCN(C(C)=O)CC4)(CC(C1)c1ccccc13)C2. The molecule has 2 atom stereocenters. The first-order valence-electron chi connectivity index (χ1n) is 11.4. The Morgan fingerprint density at radius 1 is 1.03 bits per heavy atom. The van der Waals surface area contributed by atoms with Crippen LogP contribution in [0.15, 0.2) is 24.3 Å². The van der Waals surface area contributed by atoms with Gasteiger partial charge in [0.1, 0.15) is 0 Å². The molecular weight excluding hydrogens is 378 g/mol. The minimum Gasteiger partial charge on any atom is -0.378 e. The van der Waals surface area contributed by atoms with E-state index in [9.17, 15) is 9.59 Å². The van der Waals surface area contributed by atoms with E-state index < -0.39 is 0 Å². The smallest absolute Gasteiger partial charge is 0.315 e. The first kappa shape index (κ1) is 19.9. The minimum atomic E-state index is -0.217. The van der Waals surface area contributed by atoms with Crippen LogP contribution >= 0.6 is 0 Å². The van der Waals surface area contributed by atoms with Crippen molar-refractivity contribution in [3.63, 3.8) is 0 Å². The number of benzene rings is 1. The van der Waals surface area contributed by atoms with Gasteiger partial charge in [0, 0.05) is 38.7 Å². The van der Waals surface area contributed by atoms with Gasteiger partial charge in [0.05, 0.1) is 5.60 Å². The number of carbonyl (C=O) groups is 2. The number of amides is 3. The zero-order valence-electron chi connectivity index (χ0n) is 18.1. The van der Waals surface area contributed by atoms with E-state index in [0.717, 1.165) is 58.0 Å². The molecule has 4 aliphatic carbocycles. The second-order valence-corrected chi connectivity index (χ2v) is 10.1. The molecule has 1 aromatic carbocycles. The van der Waals surface area contributed by atoms with Crippen LogP contribution in [0.4, 0.5) is 4.79 Å². The number of urea groups is 1. The topological polar surface area (TPSA) is 70.7 Å². The second-order valence-electron chi connectivity index (χ2n) is 10.1. The molecule has 0 spiro atoms. The van der Waals surface area contributed by atoms with E-state index in [1.165, 1.54) is 11.1 Å². The lowest BCUT2D eigenvalue weighted by Crippen LogP contribution is -2.63. The summed E-state index contributed by atoms with van der Waals surface area (Å²) in [5.41, 5.74) is 2.55. The molecule has 3 fully saturated rings. The lowest BCUT2D eigenvalue weighted by molar-refractivity contribution is -0.129. The monoisotopic (exact) mass is 411 g/mol. The van der Waals surface area contributed by atoms with Gasteiger partial charge < -0.3 is 20.3 Å². The molecule has 1 saturated heterocycles. The Balaban J connectivity index is 1.32. The summed E-state index contributed by atoms with van der Waals surface area (Å²) in [6.07, 6.45) is 6.60. The molecule has 2 unspecified atom stereocenters. The molecule has 162 valence electrons. The molecule has 3 amide bonds. The highest BCUT2D eigenvalue weighted by Crippen LogP contribution is 2.60. The number of piperidine rings is 1. The Hall–Kier alpha value is -2.08. The van der Waals surface area contributed by atoms with Crippen molar-refractivity contribution in [1.82, 2.24) is 15.5 Å². The van der Waals surface area contributed by atoms with Crippen LogP contribution in [-0.4, -0.2) is 54.2 Å². The summed E-state index contributed by atoms with van der Waals surface area (Å²) in [5.74, 6) is 0.982. The van der Waals surface area contributed by atoms with Gasteiger partial charge >= 0.3 is 6.03 Å². The van der Waals surface area contributed by atoms with Crippen molar-refractivity contribution >= 4 is 11.9 Å². The van der Waals surface area contributed by atoms with Gasteiger partial charge in [-0.1, -0.05) is 24.3 Å². The fourth-order valence-electron chi connectivity index (χ4n) is 6.94. The maximum Gasteiger partial charge on any atom is 0.315 e. The van der Waals surface area contributed by atoms with Gasteiger partial charge in [0.25, 0.3) is 0 Å². The molecule has 2 N–H and O–H groups in total. The third-order valence-corrected chi connectivity index (χ3v) is 8.13. The van der Waals surface area contributed by atoms with Crippen molar-refractivity contribution in [3.8, 4) is 0 Å². The molecular formula is C24H33N3O3. The van der Waals surface area contributed by atoms with E-state index in [1.807, 2.05) is 12.0 Å². The largest absolute Gasteiger partial charge is 0.378 e. The highest BCUT2D eigenvalue weighted by molar-refractivity contribution is 5.76. The molecule has 1 heterocycles. The maximum atomic E-state index is 13.0. The number of ether oxygens (including phenoxy) is 1. The Morgan fingerprint density at radius 2 is 1.63 bits per heavy atom. The Labute approximate surface area is 178 Å². The number of nitrogens with one attached hydrogen (secondary N) is 2. The zero-order chi connectivity index (χ0) is 20.9. The van der Waals surface area contributed by atoms with Crippen LogP contribution in [-0.2, 0) is 9.53 Å². The Morgan fingerprint density at radius 3 is 2.17 bits per heavy atom. The van der Waals surface area contributed by atoms with Crippen LogP contribution in [0.2, 0.25) is 0 Å². The predicted octanol–water partition coefficient (Wildman–Crippen LogP) is 3.28. The van der Waals surface area contributed by atoms with Gasteiger partial charge in [-0.2, -0.15) is 0 Å². The number of methoxy groups -OCH3 is 1. The molecule has 0 aromatic heterocycles. The van der Waals surface area contributed by atoms with Crippen molar-refractivity contribution < 1.29 is 14.3 Å². The summed E-state index contributed by atoms with van der Waals surface area (Å²) in [4.78, 5) is 26.4. The highest BCUT2D eigenvalue weighted by Gasteiger charge is 2.57. The van der Waals surface area contributed by atoms with Gasteiger partial charge in [-0.3, -0.25) is 4.79 Å². The van der Waals surface area contributed by atoms with E-state index >= 15 is 0 Å². The minimum absolute atomic E-state index is 0.0615.